The van der Waals surface area contributed by atoms with Gasteiger partial charge < -0.3 is 20.9 Å². The highest BCUT2D eigenvalue weighted by Gasteiger charge is 2.51. The number of benzene rings is 3. The topological polar surface area (TPSA) is 195 Å². The van der Waals surface area contributed by atoms with Crippen molar-refractivity contribution in [2.75, 3.05) is 27.9 Å². The smallest absolute Gasteiger partial charge is 0.361 e. The summed E-state index contributed by atoms with van der Waals surface area (Å²) in [7, 11) is -12.3. The van der Waals surface area contributed by atoms with Crippen LogP contribution in [0, 0.1) is 23.2 Å². The molecule has 0 aliphatic heterocycles. The van der Waals surface area contributed by atoms with Crippen LogP contribution in [0.1, 0.15) is 70.7 Å². The third-order valence-electron chi connectivity index (χ3n) is 11.3. The van der Waals surface area contributed by atoms with E-state index in [1.807, 2.05) is 0 Å². The van der Waals surface area contributed by atoms with Gasteiger partial charge in [0.1, 0.15) is 0 Å². The van der Waals surface area contributed by atoms with Gasteiger partial charge >= 0.3 is 31.1 Å². The first-order valence-electron chi connectivity index (χ1n) is 18.5. The molecule has 1 atom stereocenters. The summed E-state index contributed by atoms with van der Waals surface area (Å²) >= 11 is 0. The Bertz CT molecular complexity index is 2410. The van der Waals surface area contributed by atoms with Crippen LogP contribution in [0.15, 0.2) is 72.9 Å². The molecule has 3 aromatic carbocycles. The number of sulfonamides is 2. The fraction of sp³-hybridized carbons (Fsp3) is 0.395. The molecule has 4 saturated carbocycles. The van der Waals surface area contributed by atoms with E-state index in [4.69, 9.17) is 0 Å². The molecule has 4 fully saturated rings. The van der Waals surface area contributed by atoms with Crippen molar-refractivity contribution in [2.45, 2.75) is 55.5 Å². The molecule has 1 unspecified atom stereocenters. The van der Waals surface area contributed by atoms with Crippen LogP contribution in [0.2, 0.25) is 0 Å². The van der Waals surface area contributed by atoms with Crippen LogP contribution in [0.5, 0.6) is 0 Å². The number of carbonyl (C=O) groups excluding carboxylic acids is 3. The highest BCUT2D eigenvalue weighted by atomic mass is 32.2. The maximum Gasteiger partial charge on any atom is 0.516 e. The Morgan fingerprint density at radius 3 is 1.75 bits per heavy atom. The minimum Gasteiger partial charge on any atom is -0.361 e. The Hall–Kier alpha value is -5.31. The van der Waals surface area contributed by atoms with Crippen molar-refractivity contribution in [1.82, 2.24) is 15.6 Å². The number of rotatable bonds is 13. The number of aromatic nitrogens is 1. The van der Waals surface area contributed by atoms with Crippen molar-refractivity contribution in [3.63, 3.8) is 0 Å². The number of alkyl halides is 6. The fourth-order valence-corrected chi connectivity index (χ4v) is 10.2. The summed E-state index contributed by atoms with van der Waals surface area (Å²) in [5.74, 6) is -1.55. The first-order valence-corrected chi connectivity index (χ1v) is 21.4. The predicted octanol–water partition coefficient (Wildman–Crippen LogP) is 6.79. The van der Waals surface area contributed by atoms with Crippen LogP contribution in [-0.2, 0) is 24.8 Å². The maximum absolute atomic E-state index is 13.9. The van der Waals surface area contributed by atoms with E-state index in [2.05, 4.69) is 20.9 Å². The lowest BCUT2D eigenvalue weighted by atomic mass is 9.49. The highest BCUT2D eigenvalue weighted by Crippen LogP contribution is 2.59. The Morgan fingerprint density at radius 1 is 0.695 bits per heavy atom. The molecule has 1 heterocycles. The summed E-state index contributed by atoms with van der Waals surface area (Å²) in [6.45, 7) is 0.00970. The van der Waals surface area contributed by atoms with E-state index >= 15 is 0 Å². The van der Waals surface area contributed by atoms with Crippen molar-refractivity contribution in [1.29, 1.82) is 0 Å². The zero-order valence-electron chi connectivity index (χ0n) is 30.8. The number of H-pyrrole nitrogens is 1. The summed E-state index contributed by atoms with van der Waals surface area (Å²) in [5, 5.41) is 8.63. The largest absolute Gasteiger partial charge is 0.516 e. The molecule has 0 radical (unpaired) electrons. The average Bonchev–Trinajstić information content (AvgIpc) is 3.60. The minimum atomic E-state index is -6.16. The summed E-state index contributed by atoms with van der Waals surface area (Å²) in [4.78, 5) is 44.7. The molecule has 13 nitrogen and oxygen atoms in total. The van der Waals surface area contributed by atoms with Gasteiger partial charge in [0.05, 0.1) is 28.4 Å². The van der Waals surface area contributed by atoms with Gasteiger partial charge in [0.2, 0.25) is 5.91 Å². The Morgan fingerprint density at radius 2 is 1.20 bits per heavy atom. The molecule has 0 spiro atoms. The number of carbonyl (C=O) groups is 3. The van der Waals surface area contributed by atoms with Crippen LogP contribution < -0.4 is 25.4 Å². The van der Waals surface area contributed by atoms with Gasteiger partial charge in [0, 0.05) is 35.9 Å². The van der Waals surface area contributed by atoms with Crippen LogP contribution >= 0.6 is 0 Å². The van der Waals surface area contributed by atoms with E-state index in [1.54, 1.807) is 36.5 Å². The summed E-state index contributed by atoms with van der Waals surface area (Å²) in [6.07, 6.45) is 8.45. The summed E-state index contributed by atoms with van der Waals surface area (Å²) < 4.78 is 129. The van der Waals surface area contributed by atoms with Crippen LogP contribution in [0.25, 0.3) is 10.9 Å². The zero-order valence-corrected chi connectivity index (χ0v) is 32.5. The lowest BCUT2D eigenvalue weighted by Crippen LogP contribution is -2.51. The first-order chi connectivity index (χ1) is 27.6. The average molecular weight is 869 g/mol. The number of anilines is 3. The van der Waals surface area contributed by atoms with Gasteiger partial charge in [-0.2, -0.15) is 43.2 Å². The van der Waals surface area contributed by atoms with Crippen LogP contribution in [-0.4, -0.2) is 63.6 Å². The Labute approximate surface area is 334 Å². The second kappa shape index (κ2) is 15.4. The molecule has 316 valence electrons. The van der Waals surface area contributed by atoms with Crippen molar-refractivity contribution in [2.24, 2.45) is 23.2 Å². The van der Waals surface area contributed by atoms with E-state index in [1.165, 1.54) is 37.5 Å². The van der Waals surface area contributed by atoms with Gasteiger partial charge in [-0.05, 0) is 104 Å². The van der Waals surface area contributed by atoms with E-state index in [0.29, 0.717) is 53.4 Å². The molecule has 6 N–H and O–H groups in total. The van der Waals surface area contributed by atoms with E-state index in [0.717, 1.165) is 28.7 Å². The summed E-state index contributed by atoms with van der Waals surface area (Å²) in [6, 6.07) is 14.1. The van der Waals surface area contributed by atoms with Gasteiger partial charge in [-0.3, -0.25) is 23.8 Å². The molecular weight excluding hydrogens is 831 g/mol. The number of hydrogen-bond donors (Lipinski definition) is 6. The monoisotopic (exact) mass is 868 g/mol. The van der Waals surface area contributed by atoms with Gasteiger partial charge in [-0.25, -0.2) is 0 Å². The van der Waals surface area contributed by atoms with E-state index in [9.17, 15) is 57.6 Å². The normalized spacial score (nSPS) is 22.1. The second-order valence-corrected chi connectivity index (χ2v) is 19.0. The lowest BCUT2D eigenvalue weighted by molar-refractivity contribution is -0.117. The number of amides is 3. The van der Waals surface area contributed by atoms with Crippen molar-refractivity contribution < 1.29 is 57.6 Å². The lowest BCUT2D eigenvalue weighted by Gasteiger charge is -2.56. The zero-order chi connectivity index (χ0) is 42.5. The quantitative estimate of drug-likeness (QED) is 0.0796. The molecule has 4 aromatic rings. The maximum atomic E-state index is 13.9. The molecule has 0 saturated heterocycles. The van der Waals surface area contributed by atoms with Crippen molar-refractivity contribution in [3.8, 4) is 0 Å². The van der Waals surface area contributed by atoms with Gasteiger partial charge in [-0.1, -0.05) is 30.3 Å². The fourth-order valence-electron chi connectivity index (χ4n) is 9.16. The number of halogens is 6. The molecule has 21 heteroatoms. The molecule has 4 aliphatic carbocycles. The van der Waals surface area contributed by atoms with Crippen LogP contribution in [0.3, 0.4) is 0 Å². The third kappa shape index (κ3) is 8.99. The highest BCUT2D eigenvalue weighted by molar-refractivity contribution is 7.93. The SMILES string of the molecule is O=C(NCC(C(=O)Nc1cc(NS(=O)(=O)C(F)(F)F)cc(NS(=O)(=O)C(F)(F)F)c1)c1ccccc1)c1cc2cc[nH]c2cc1C(=O)NCC12CC3CC(CC(C3)C1)C2. The molecule has 4 aliphatic rings. The van der Waals surface area contributed by atoms with Gasteiger partial charge in [-0.15, -0.1) is 0 Å². The Kier molecular flexibility index (Phi) is 10.9. The van der Waals surface area contributed by atoms with E-state index < -0.39 is 78.3 Å². The van der Waals surface area contributed by atoms with Crippen LogP contribution in [0.4, 0.5) is 43.4 Å². The Balaban J connectivity index is 1.13. The van der Waals surface area contributed by atoms with E-state index in [-0.39, 0.29) is 22.1 Å². The number of fused-ring (bicyclic) bond motifs is 1. The number of nitrogens with one attached hydrogen (secondary N) is 6. The minimum absolute atomic E-state index is 0.00132. The second-order valence-electron chi connectivity index (χ2n) is 15.6. The number of hydrogen-bond acceptors (Lipinski definition) is 7. The molecule has 59 heavy (non-hydrogen) atoms. The van der Waals surface area contributed by atoms with Gasteiger partial charge in [0.25, 0.3) is 11.8 Å². The standard InChI is InChI=1S/C38H38F6N6O7S2/c39-37(40,41)58(54,55)49-27-12-26(13-28(14-27)50-59(56,57)38(42,43)44)48-35(53)31(24-4-2-1-3-5-24)19-46-33(51)29-11-25-6-7-45-32(25)15-30(29)34(52)47-20-36-16-21-8-22(17-36)10-23(9-21)18-36/h1-7,11-15,21-23,31,45,49-50H,8-10,16-20H2,(H,46,51)(H,47,52)(H,48,53). The number of aromatic amines is 1. The van der Waals surface area contributed by atoms with Crippen molar-refractivity contribution in [3.05, 3.63) is 89.6 Å². The third-order valence-corrected chi connectivity index (χ3v) is 13.5. The molecule has 3 amide bonds. The molecule has 1 aromatic heterocycles. The predicted molar refractivity (Wildman–Crippen MR) is 205 cm³/mol. The summed E-state index contributed by atoms with van der Waals surface area (Å²) in [5.41, 5.74) is -13.5. The molecular formula is C38H38F6N6O7S2. The first kappa shape index (κ1) is 41.8. The molecule has 4 bridgehead atoms. The van der Waals surface area contributed by atoms with Gasteiger partial charge in [0.15, 0.2) is 0 Å². The molecule has 8 rings (SSSR count). The van der Waals surface area contributed by atoms with Crippen molar-refractivity contribution >= 4 is 65.7 Å².